The van der Waals surface area contributed by atoms with Crippen LogP contribution in [0.15, 0.2) is 42.9 Å². The smallest absolute Gasteiger partial charge is 0.358 e. The summed E-state index contributed by atoms with van der Waals surface area (Å²) in [4.78, 5) is 13.9. The molecule has 0 atom stereocenters. The summed E-state index contributed by atoms with van der Waals surface area (Å²) in [6.45, 7) is 4.51. The van der Waals surface area contributed by atoms with Crippen LogP contribution in [0.1, 0.15) is 17.0 Å². The quantitative estimate of drug-likeness (QED) is 0.548. The molecule has 0 spiro atoms. The monoisotopic (exact) mass is 297 g/mol. The third kappa shape index (κ3) is 2.73. The zero-order chi connectivity index (χ0) is 15.7. The Labute approximate surface area is 127 Å². The van der Waals surface area contributed by atoms with Gasteiger partial charge in [-0.25, -0.2) is 4.68 Å². The van der Waals surface area contributed by atoms with E-state index < -0.39 is 4.92 Å². The van der Waals surface area contributed by atoms with E-state index in [1.54, 1.807) is 4.57 Å². The molecular formula is C15H15N5O2. The van der Waals surface area contributed by atoms with E-state index in [0.717, 1.165) is 22.6 Å². The zero-order valence-electron chi connectivity index (χ0n) is 12.3. The van der Waals surface area contributed by atoms with Crippen LogP contribution in [0.25, 0.3) is 5.69 Å². The Morgan fingerprint density at radius 2 is 1.95 bits per heavy atom. The summed E-state index contributed by atoms with van der Waals surface area (Å²) >= 11 is 0. The molecule has 0 N–H and O–H groups in total. The maximum atomic E-state index is 10.6. The molecule has 2 heterocycles. The molecule has 2 aromatic heterocycles. The van der Waals surface area contributed by atoms with Crippen molar-refractivity contribution in [2.75, 3.05) is 0 Å². The van der Waals surface area contributed by atoms with Crippen molar-refractivity contribution in [3.8, 4) is 5.69 Å². The Morgan fingerprint density at radius 3 is 2.50 bits per heavy atom. The maximum absolute atomic E-state index is 10.6. The van der Waals surface area contributed by atoms with E-state index in [0.29, 0.717) is 6.54 Å². The van der Waals surface area contributed by atoms with Gasteiger partial charge in [-0.1, -0.05) is 12.1 Å². The van der Waals surface area contributed by atoms with E-state index >= 15 is 0 Å². The first-order valence-electron chi connectivity index (χ1n) is 6.81. The Bertz CT molecular complexity index is 817. The van der Waals surface area contributed by atoms with Gasteiger partial charge < -0.3 is 14.7 Å². The molecule has 3 rings (SSSR count). The van der Waals surface area contributed by atoms with Crippen LogP contribution in [0.2, 0.25) is 0 Å². The van der Waals surface area contributed by atoms with Crippen molar-refractivity contribution >= 4 is 5.82 Å². The lowest BCUT2D eigenvalue weighted by Gasteiger charge is -2.06. The van der Waals surface area contributed by atoms with Crippen molar-refractivity contribution in [2.24, 2.45) is 0 Å². The molecule has 0 saturated heterocycles. The number of benzene rings is 1. The van der Waals surface area contributed by atoms with Gasteiger partial charge >= 0.3 is 5.82 Å². The van der Waals surface area contributed by atoms with Gasteiger partial charge in [0.05, 0.1) is 17.9 Å². The molecule has 0 saturated carbocycles. The minimum atomic E-state index is -0.498. The molecule has 0 aliphatic heterocycles. The molecule has 0 radical (unpaired) electrons. The van der Waals surface area contributed by atoms with E-state index in [1.165, 1.54) is 12.5 Å². The second kappa shape index (κ2) is 5.44. The third-order valence-electron chi connectivity index (χ3n) is 3.36. The average molecular weight is 297 g/mol. The van der Waals surface area contributed by atoms with Gasteiger partial charge in [-0.15, -0.1) is 0 Å². The molecule has 112 valence electrons. The van der Waals surface area contributed by atoms with Crippen LogP contribution in [-0.2, 0) is 6.54 Å². The zero-order valence-corrected chi connectivity index (χ0v) is 12.3. The molecule has 7 nitrogen and oxygen atoms in total. The highest BCUT2D eigenvalue weighted by Crippen LogP contribution is 2.14. The highest BCUT2D eigenvalue weighted by atomic mass is 16.6. The summed E-state index contributed by atoms with van der Waals surface area (Å²) < 4.78 is 3.58. The molecule has 0 unspecified atom stereocenters. The number of nitrogens with zero attached hydrogens (tertiary/aromatic N) is 5. The van der Waals surface area contributed by atoms with E-state index in [2.05, 4.69) is 10.1 Å². The van der Waals surface area contributed by atoms with Crippen LogP contribution < -0.4 is 0 Å². The number of nitro groups is 1. The summed E-state index contributed by atoms with van der Waals surface area (Å²) in [7, 11) is 0. The fourth-order valence-electron chi connectivity index (χ4n) is 2.37. The number of hydrogen-bond acceptors (Lipinski definition) is 4. The fraction of sp³-hybridized carbons (Fsp3) is 0.200. The van der Waals surface area contributed by atoms with Crippen molar-refractivity contribution < 1.29 is 4.92 Å². The lowest BCUT2D eigenvalue weighted by molar-refractivity contribution is -0.389. The van der Waals surface area contributed by atoms with Gasteiger partial charge in [-0.2, -0.15) is 5.10 Å². The molecule has 0 aliphatic rings. The van der Waals surface area contributed by atoms with Crippen LogP contribution in [0, 0.1) is 24.0 Å². The molecule has 3 aromatic rings. The molecule has 22 heavy (non-hydrogen) atoms. The van der Waals surface area contributed by atoms with Crippen molar-refractivity contribution in [3.63, 3.8) is 0 Å². The maximum Gasteiger partial charge on any atom is 0.381 e. The van der Waals surface area contributed by atoms with E-state index in [4.69, 9.17) is 0 Å². The van der Waals surface area contributed by atoms with Crippen molar-refractivity contribution in [3.05, 3.63) is 69.9 Å². The van der Waals surface area contributed by atoms with Crippen LogP contribution >= 0.6 is 0 Å². The van der Waals surface area contributed by atoms with Gasteiger partial charge in [0, 0.05) is 5.69 Å². The van der Waals surface area contributed by atoms with Crippen molar-refractivity contribution in [1.29, 1.82) is 0 Å². The molecule has 7 heteroatoms. The van der Waals surface area contributed by atoms with Gasteiger partial charge in [0.2, 0.25) is 6.33 Å². The first-order valence-corrected chi connectivity index (χ1v) is 6.81. The second-order valence-electron chi connectivity index (χ2n) is 5.17. The minimum Gasteiger partial charge on any atom is -0.358 e. The van der Waals surface area contributed by atoms with E-state index in [-0.39, 0.29) is 5.82 Å². The second-order valence-corrected chi connectivity index (χ2v) is 5.17. The standard InChI is InChI=1S/C15H15N5O2/c1-11-7-12(2)19(17-11)14-5-3-13(4-6-14)8-18-9-15(16-10-18)20(21)22/h3-7,9-10H,8H2,1-2H3. The lowest BCUT2D eigenvalue weighted by Crippen LogP contribution is -2.00. The van der Waals surface area contributed by atoms with Crippen LogP contribution in [0.5, 0.6) is 0 Å². The highest BCUT2D eigenvalue weighted by Gasteiger charge is 2.10. The average Bonchev–Trinajstić information content (AvgIpc) is 3.06. The summed E-state index contributed by atoms with van der Waals surface area (Å²) in [6.07, 6.45) is 2.89. The topological polar surface area (TPSA) is 78.8 Å². The van der Waals surface area contributed by atoms with Crippen molar-refractivity contribution in [1.82, 2.24) is 19.3 Å². The summed E-state index contributed by atoms with van der Waals surface area (Å²) in [6, 6.07) is 9.97. The molecule has 1 aromatic carbocycles. The Morgan fingerprint density at radius 1 is 1.23 bits per heavy atom. The van der Waals surface area contributed by atoms with Crippen LogP contribution in [0.4, 0.5) is 5.82 Å². The van der Waals surface area contributed by atoms with Gasteiger partial charge in [-0.05, 0) is 47.5 Å². The number of imidazole rings is 1. The fourth-order valence-corrected chi connectivity index (χ4v) is 2.37. The molecule has 0 bridgehead atoms. The lowest BCUT2D eigenvalue weighted by atomic mass is 10.2. The summed E-state index contributed by atoms with van der Waals surface area (Å²) in [5.41, 5.74) is 4.09. The van der Waals surface area contributed by atoms with Crippen molar-refractivity contribution in [2.45, 2.75) is 20.4 Å². The summed E-state index contributed by atoms with van der Waals surface area (Å²) in [5, 5.41) is 15.1. The largest absolute Gasteiger partial charge is 0.381 e. The molecular weight excluding hydrogens is 282 g/mol. The van der Waals surface area contributed by atoms with Gasteiger partial charge in [-0.3, -0.25) is 0 Å². The van der Waals surface area contributed by atoms with Crippen LogP contribution in [-0.4, -0.2) is 24.3 Å². The number of rotatable bonds is 4. The van der Waals surface area contributed by atoms with Gasteiger partial charge in [0.1, 0.15) is 6.20 Å². The third-order valence-corrected chi connectivity index (χ3v) is 3.36. The first kappa shape index (κ1) is 14.0. The highest BCUT2D eigenvalue weighted by molar-refractivity contribution is 5.36. The number of aromatic nitrogens is 4. The van der Waals surface area contributed by atoms with Gasteiger partial charge in [0.15, 0.2) is 0 Å². The predicted octanol–water partition coefficient (Wildman–Crippen LogP) is 2.64. The molecule has 0 amide bonds. The van der Waals surface area contributed by atoms with E-state index in [9.17, 15) is 10.1 Å². The Hall–Kier alpha value is -2.96. The number of hydrogen-bond donors (Lipinski definition) is 0. The van der Waals surface area contributed by atoms with E-state index in [1.807, 2.05) is 48.9 Å². The first-order chi connectivity index (χ1) is 10.5. The minimum absolute atomic E-state index is 0.140. The predicted molar refractivity (Wildman–Crippen MR) is 81.0 cm³/mol. The molecule has 0 aliphatic carbocycles. The summed E-state index contributed by atoms with van der Waals surface area (Å²) in [5.74, 6) is -0.140. The normalized spacial score (nSPS) is 10.8. The SMILES string of the molecule is Cc1cc(C)n(-c2ccc(Cn3cnc([N+](=O)[O-])c3)cc2)n1. The molecule has 0 fully saturated rings. The van der Waals surface area contributed by atoms with Crippen LogP contribution in [0.3, 0.4) is 0 Å². The Kier molecular flexibility index (Phi) is 3.46. The Balaban J connectivity index is 1.79. The number of aryl methyl sites for hydroxylation is 2. The van der Waals surface area contributed by atoms with Gasteiger partial charge in [0.25, 0.3) is 0 Å².